The van der Waals surface area contributed by atoms with Crippen LogP contribution in [0.4, 0.5) is 13.2 Å². The zero-order valence-corrected chi connectivity index (χ0v) is 17.0. The van der Waals surface area contributed by atoms with E-state index in [-0.39, 0.29) is 35.5 Å². The molecule has 1 heterocycles. The van der Waals surface area contributed by atoms with Crippen LogP contribution in [0.5, 0.6) is 11.5 Å². The summed E-state index contributed by atoms with van der Waals surface area (Å²) in [5, 5.41) is 0. The van der Waals surface area contributed by atoms with Gasteiger partial charge in [0.25, 0.3) is 0 Å². The minimum atomic E-state index is -4.39. The Bertz CT molecular complexity index is 589. The number of likely N-dealkylation sites (tertiary alicyclic amines) is 1. The van der Waals surface area contributed by atoms with E-state index in [0.29, 0.717) is 12.5 Å². The van der Waals surface area contributed by atoms with E-state index < -0.39 is 12.8 Å². The van der Waals surface area contributed by atoms with Crippen molar-refractivity contribution in [2.24, 2.45) is 10.7 Å². The van der Waals surface area contributed by atoms with Gasteiger partial charge in [0.1, 0.15) is 0 Å². The van der Waals surface area contributed by atoms with E-state index in [1.807, 2.05) is 0 Å². The van der Waals surface area contributed by atoms with Crippen molar-refractivity contribution in [1.29, 1.82) is 0 Å². The van der Waals surface area contributed by atoms with Gasteiger partial charge in [0.15, 0.2) is 24.1 Å². The van der Waals surface area contributed by atoms with Gasteiger partial charge < -0.3 is 20.1 Å². The Morgan fingerprint density at radius 1 is 1.15 bits per heavy atom. The molecule has 1 fully saturated rings. The molecule has 0 atom stereocenters. The summed E-state index contributed by atoms with van der Waals surface area (Å²) in [6, 6.07) is 4.73. The topological polar surface area (TPSA) is 60.1 Å². The van der Waals surface area contributed by atoms with E-state index in [1.54, 1.807) is 12.1 Å². The SMILES string of the molecule is COc1cc(CN=C(N)N2CCCCCC2)ccc1OCC(F)(F)F.I. The molecule has 9 heteroatoms. The largest absolute Gasteiger partial charge is 0.493 e. The fourth-order valence-corrected chi connectivity index (χ4v) is 2.66. The van der Waals surface area contributed by atoms with E-state index >= 15 is 0 Å². The third kappa shape index (κ3) is 7.46. The van der Waals surface area contributed by atoms with Crippen molar-refractivity contribution in [3.05, 3.63) is 23.8 Å². The average Bonchev–Trinajstić information content (AvgIpc) is 2.86. The predicted molar refractivity (Wildman–Crippen MR) is 105 cm³/mol. The number of nitrogens with two attached hydrogens (primary N) is 1. The quantitative estimate of drug-likeness (QED) is 0.389. The molecule has 1 aromatic carbocycles. The predicted octanol–water partition coefficient (Wildman–Crippen LogP) is 3.95. The minimum absolute atomic E-state index is 0. The van der Waals surface area contributed by atoms with E-state index in [4.69, 9.17) is 15.2 Å². The van der Waals surface area contributed by atoms with Crippen molar-refractivity contribution >= 4 is 29.9 Å². The lowest BCUT2D eigenvalue weighted by Gasteiger charge is -2.21. The van der Waals surface area contributed by atoms with Crippen molar-refractivity contribution < 1.29 is 22.6 Å². The minimum Gasteiger partial charge on any atom is -0.493 e. The Hall–Kier alpha value is -1.39. The van der Waals surface area contributed by atoms with Crippen LogP contribution in [0.25, 0.3) is 0 Å². The lowest BCUT2D eigenvalue weighted by Crippen LogP contribution is -2.38. The maximum absolute atomic E-state index is 12.3. The lowest BCUT2D eigenvalue weighted by molar-refractivity contribution is -0.153. The number of methoxy groups -OCH3 is 1. The number of guanidine groups is 1. The van der Waals surface area contributed by atoms with E-state index in [0.717, 1.165) is 31.5 Å². The van der Waals surface area contributed by atoms with E-state index in [2.05, 4.69) is 9.89 Å². The van der Waals surface area contributed by atoms with Crippen LogP contribution in [0.2, 0.25) is 0 Å². The molecule has 1 aliphatic heterocycles. The van der Waals surface area contributed by atoms with Gasteiger partial charge >= 0.3 is 6.18 Å². The molecule has 0 aliphatic carbocycles. The van der Waals surface area contributed by atoms with Gasteiger partial charge in [-0.05, 0) is 30.5 Å². The molecule has 0 bridgehead atoms. The Labute approximate surface area is 168 Å². The first-order valence-corrected chi connectivity index (χ1v) is 8.30. The van der Waals surface area contributed by atoms with Crippen molar-refractivity contribution in [3.8, 4) is 11.5 Å². The second-order valence-corrected chi connectivity index (χ2v) is 5.96. The third-order valence-corrected chi connectivity index (χ3v) is 3.97. The molecule has 1 aromatic rings. The molecule has 0 unspecified atom stereocenters. The molecule has 2 N–H and O–H groups in total. The molecular formula is C17H25F3IN3O2. The zero-order chi connectivity index (χ0) is 18.3. The van der Waals surface area contributed by atoms with Gasteiger partial charge in [0.05, 0.1) is 13.7 Å². The highest BCUT2D eigenvalue weighted by atomic mass is 127. The average molecular weight is 487 g/mol. The molecule has 0 radical (unpaired) electrons. The van der Waals surface area contributed by atoms with Gasteiger partial charge in [-0.2, -0.15) is 13.2 Å². The second kappa shape index (κ2) is 10.7. The molecule has 26 heavy (non-hydrogen) atoms. The zero-order valence-electron chi connectivity index (χ0n) is 14.7. The fraction of sp³-hybridized carbons (Fsp3) is 0.588. The summed E-state index contributed by atoms with van der Waals surface area (Å²) in [6.45, 7) is 0.784. The van der Waals surface area contributed by atoms with Crippen LogP contribution < -0.4 is 15.2 Å². The van der Waals surface area contributed by atoms with Crippen LogP contribution in [0.15, 0.2) is 23.2 Å². The van der Waals surface area contributed by atoms with Gasteiger partial charge in [-0.25, -0.2) is 4.99 Å². The molecule has 0 amide bonds. The highest BCUT2D eigenvalue weighted by Gasteiger charge is 2.29. The summed E-state index contributed by atoms with van der Waals surface area (Å²) >= 11 is 0. The van der Waals surface area contributed by atoms with Gasteiger partial charge in [-0.15, -0.1) is 24.0 Å². The van der Waals surface area contributed by atoms with Crippen LogP contribution in [-0.2, 0) is 6.54 Å². The highest BCUT2D eigenvalue weighted by Crippen LogP contribution is 2.30. The number of halogens is 4. The Kier molecular flexibility index (Phi) is 9.31. The van der Waals surface area contributed by atoms with Crippen LogP contribution in [0.1, 0.15) is 31.2 Å². The number of rotatable bonds is 5. The Morgan fingerprint density at radius 3 is 2.38 bits per heavy atom. The molecule has 148 valence electrons. The lowest BCUT2D eigenvalue weighted by atomic mass is 10.2. The van der Waals surface area contributed by atoms with Crippen LogP contribution in [-0.4, -0.2) is 43.8 Å². The first-order chi connectivity index (χ1) is 11.9. The Balaban J connectivity index is 0.00000338. The molecule has 5 nitrogen and oxygen atoms in total. The molecule has 1 saturated heterocycles. The van der Waals surface area contributed by atoms with E-state index in [1.165, 1.54) is 26.0 Å². The van der Waals surface area contributed by atoms with Gasteiger partial charge in [0.2, 0.25) is 0 Å². The van der Waals surface area contributed by atoms with Crippen molar-refractivity contribution in [1.82, 2.24) is 4.90 Å². The Morgan fingerprint density at radius 2 is 1.81 bits per heavy atom. The van der Waals surface area contributed by atoms with Crippen LogP contribution in [0, 0.1) is 0 Å². The maximum Gasteiger partial charge on any atom is 0.422 e. The number of ether oxygens (including phenoxy) is 2. The van der Waals surface area contributed by atoms with Gasteiger partial charge in [-0.1, -0.05) is 18.9 Å². The highest BCUT2D eigenvalue weighted by molar-refractivity contribution is 14.0. The summed E-state index contributed by atoms with van der Waals surface area (Å²) in [5.41, 5.74) is 6.84. The van der Waals surface area contributed by atoms with Gasteiger partial charge in [0, 0.05) is 13.1 Å². The first-order valence-electron chi connectivity index (χ1n) is 8.30. The summed E-state index contributed by atoms with van der Waals surface area (Å²) in [7, 11) is 1.38. The molecule has 0 saturated carbocycles. The maximum atomic E-state index is 12.3. The summed E-state index contributed by atoms with van der Waals surface area (Å²) in [4.78, 5) is 6.47. The summed E-state index contributed by atoms with van der Waals surface area (Å²) < 4.78 is 46.7. The number of hydrogen-bond donors (Lipinski definition) is 1. The van der Waals surface area contributed by atoms with Crippen LogP contribution >= 0.6 is 24.0 Å². The second-order valence-electron chi connectivity index (χ2n) is 5.96. The van der Waals surface area contributed by atoms with Crippen molar-refractivity contribution in [2.75, 3.05) is 26.8 Å². The molecule has 0 aromatic heterocycles. The first kappa shape index (κ1) is 22.7. The number of nitrogens with zero attached hydrogens (tertiary/aromatic N) is 2. The number of alkyl halides is 3. The molecule has 1 aliphatic rings. The van der Waals surface area contributed by atoms with E-state index in [9.17, 15) is 13.2 Å². The summed E-state index contributed by atoms with van der Waals surface area (Å²) in [5.74, 6) is 0.789. The normalized spacial score (nSPS) is 15.8. The smallest absolute Gasteiger partial charge is 0.422 e. The third-order valence-electron chi connectivity index (χ3n) is 3.97. The number of aliphatic imine (C=N–C) groups is 1. The molecule has 2 rings (SSSR count). The standard InChI is InChI=1S/C17H24F3N3O2.HI/c1-24-15-10-13(6-7-14(15)25-12-17(18,19)20)11-22-16(21)23-8-4-2-3-5-9-23;/h6-7,10H,2-5,8-9,11-12H2,1H3,(H2,21,22);1H. The number of hydrogen-bond acceptors (Lipinski definition) is 3. The van der Waals surface area contributed by atoms with Crippen LogP contribution in [0.3, 0.4) is 0 Å². The fourth-order valence-electron chi connectivity index (χ4n) is 2.66. The monoisotopic (exact) mass is 487 g/mol. The summed E-state index contributed by atoms with van der Waals surface area (Å²) in [6.07, 6.45) is 0.237. The van der Waals surface area contributed by atoms with Crippen molar-refractivity contribution in [2.45, 2.75) is 38.4 Å². The molecular weight excluding hydrogens is 462 g/mol. The van der Waals surface area contributed by atoms with Gasteiger partial charge in [-0.3, -0.25) is 0 Å². The molecule has 0 spiro atoms. The van der Waals surface area contributed by atoms with Crippen molar-refractivity contribution in [3.63, 3.8) is 0 Å². The number of benzene rings is 1.